The van der Waals surface area contributed by atoms with E-state index in [-0.39, 0.29) is 19.7 Å². The van der Waals surface area contributed by atoms with E-state index in [1.807, 2.05) is 24.3 Å². The van der Waals surface area contributed by atoms with Crippen molar-refractivity contribution in [2.24, 2.45) is 0 Å². The van der Waals surface area contributed by atoms with Crippen molar-refractivity contribution in [3.8, 4) is 17.2 Å². The summed E-state index contributed by atoms with van der Waals surface area (Å²) in [6.07, 6.45) is 2.21. The molecule has 2 N–H and O–H groups in total. The van der Waals surface area contributed by atoms with Crippen molar-refractivity contribution in [3.63, 3.8) is 0 Å². The number of amides is 2. The van der Waals surface area contributed by atoms with Gasteiger partial charge in [0.25, 0.3) is 0 Å². The van der Waals surface area contributed by atoms with Crippen molar-refractivity contribution in [2.75, 3.05) is 33.9 Å². The summed E-state index contributed by atoms with van der Waals surface area (Å²) in [4.78, 5) is 35.1. The van der Waals surface area contributed by atoms with Gasteiger partial charge in [0, 0.05) is 6.07 Å². The van der Waals surface area contributed by atoms with E-state index in [2.05, 4.69) is 10.6 Å². The van der Waals surface area contributed by atoms with Gasteiger partial charge in [0.05, 0.1) is 27.3 Å². The molecule has 36 heavy (non-hydrogen) atoms. The second-order valence-corrected chi connectivity index (χ2v) is 8.45. The van der Waals surface area contributed by atoms with E-state index < -0.39 is 23.8 Å². The zero-order valence-corrected chi connectivity index (χ0v) is 21.1. The Hall–Kier alpha value is -4.21. The van der Waals surface area contributed by atoms with Gasteiger partial charge in [-0.15, -0.1) is 0 Å². The van der Waals surface area contributed by atoms with Gasteiger partial charge in [0.15, 0.2) is 0 Å². The predicted octanol–water partition coefficient (Wildman–Crippen LogP) is 4.03. The lowest BCUT2D eigenvalue weighted by atomic mass is 10.1. The molecule has 0 saturated carbocycles. The lowest BCUT2D eigenvalue weighted by Gasteiger charge is -2.19. The third-order valence-electron chi connectivity index (χ3n) is 4.36. The molecule has 2 aromatic carbocycles. The number of ether oxygens (including phenoxy) is 5. The molecule has 2 amide bonds. The Morgan fingerprint density at radius 2 is 1.44 bits per heavy atom. The monoisotopic (exact) mass is 500 g/mol. The second kappa shape index (κ2) is 13.6. The highest BCUT2D eigenvalue weighted by Crippen LogP contribution is 2.24. The van der Waals surface area contributed by atoms with Crippen LogP contribution in [-0.2, 0) is 14.3 Å². The largest absolute Gasteiger partial charge is 0.513 e. The Morgan fingerprint density at radius 3 is 2.03 bits per heavy atom. The van der Waals surface area contributed by atoms with Crippen LogP contribution in [0.3, 0.4) is 0 Å². The number of alkyl carbamates (subject to hydrolysis) is 1. The standard InChI is InChI=1S/C26H32N2O8/c1-26(2,3)36-24(30)28-17-23(29)27-12-13-34-25(31)35-20-10-8-18(9-11-20)6-7-19-14-21(32-4)16-22(15-19)33-5/h6-11,14-16H,12-13,17H2,1-5H3,(H,27,29)(H,28,30). The van der Waals surface area contributed by atoms with Crippen molar-refractivity contribution in [2.45, 2.75) is 26.4 Å². The maximum Gasteiger partial charge on any atom is 0.513 e. The van der Waals surface area contributed by atoms with Gasteiger partial charge >= 0.3 is 12.2 Å². The number of methoxy groups -OCH3 is 2. The molecule has 0 heterocycles. The first kappa shape index (κ1) is 28.0. The Morgan fingerprint density at radius 1 is 0.833 bits per heavy atom. The summed E-state index contributed by atoms with van der Waals surface area (Å²) in [5, 5.41) is 4.84. The predicted molar refractivity (Wildman–Crippen MR) is 134 cm³/mol. The third kappa shape index (κ3) is 10.8. The Kier molecular flexibility index (Phi) is 10.6. The van der Waals surface area contributed by atoms with Gasteiger partial charge in [-0.25, -0.2) is 9.59 Å². The number of hydrogen-bond donors (Lipinski definition) is 2. The van der Waals surface area contributed by atoms with Crippen molar-refractivity contribution in [3.05, 3.63) is 53.6 Å². The van der Waals surface area contributed by atoms with E-state index in [4.69, 9.17) is 23.7 Å². The first-order chi connectivity index (χ1) is 17.1. The summed E-state index contributed by atoms with van der Waals surface area (Å²) >= 11 is 0. The van der Waals surface area contributed by atoms with Gasteiger partial charge < -0.3 is 34.3 Å². The van der Waals surface area contributed by atoms with E-state index in [0.29, 0.717) is 17.2 Å². The fourth-order valence-electron chi connectivity index (χ4n) is 2.74. The summed E-state index contributed by atoms with van der Waals surface area (Å²) in [6.45, 7) is 4.86. The van der Waals surface area contributed by atoms with Crippen LogP contribution in [0.4, 0.5) is 9.59 Å². The van der Waals surface area contributed by atoms with Crippen molar-refractivity contribution < 1.29 is 38.1 Å². The smallest absolute Gasteiger partial charge is 0.497 e. The van der Waals surface area contributed by atoms with Crippen LogP contribution in [0.2, 0.25) is 0 Å². The number of benzene rings is 2. The summed E-state index contributed by atoms with van der Waals surface area (Å²) in [6, 6.07) is 12.4. The number of carbonyl (C=O) groups is 3. The molecule has 2 rings (SSSR count). The van der Waals surface area contributed by atoms with E-state index in [1.165, 1.54) is 0 Å². The molecular weight excluding hydrogens is 468 g/mol. The minimum atomic E-state index is -0.900. The van der Waals surface area contributed by atoms with Crippen LogP contribution in [0, 0.1) is 0 Å². The SMILES string of the molecule is COc1cc(C=Cc2ccc(OC(=O)OCCNC(=O)CNC(=O)OC(C)(C)C)cc2)cc(OC)c1. The molecule has 0 aromatic heterocycles. The van der Waals surface area contributed by atoms with Crippen LogP contribution in [0.5, 0.6) is 17.2 Å². The lowest BCUT2D eigenvalue weighted by molar-refractivity contribution is -0.120. The first-order valence-corrected chi connectivity index (χ1v) is 11.2. The molecular formula is C26H32N2O8. The molecule has 0 aliphatic carbocycles. The minimum absolute atomic E-state index is 0.0583. The zero-order valence-electron chi connectivity index (χ0n) is 21.1. The number of carbonyl (C=O) groups excluding carboxylic acids is 3. The van der Waals surface area contributed by atoms with Crippen LogP contribution < -0.4 is 24.8 Å². The maximum atomic E-state index is 11.9. The fraction of sp³-hybridized carbons (Fsp3) is 0.346. The molecule has 10 nitrogen and oxygen atoms in total. The van der Waals surface area contributed by atoms with Crippen molar-refractivity contribution in [1.82, 2.24) is 10.6 Å². The normalized spacial score (nSPS) is 10.9. The topological polar surface area (TPSA) is 121 Å². The highest BCUT2D eigenvalue weighted by Gasteiger charge is 2.16. The Bertz CT molecular complexity index is 1040. The van der Waals surface area contributed by atoms with Gasteiger partial charge in [-0.1, -0.05) is 24.3 Å². The van der Waals surface area contributed by atoms with E-state index >= 15 is 0 Å². The van der Waals surface area contributed by atoms with Crippen molar-refractivity contribution in [1.29, 1.82) is 0 Å². The van der Waals surface area contributed by atoms with Crippen LogP contribution >= 0.6 is 0 Å². The molecule has 0 atom stereocenters. The number of hydrogen-bond acceptors (Lipinski definition) is 8. The summed E-state index contributed by atoms with van der Waals surface area (Å²) in [5.41, 5.74) is 1.14. The second-order valence-electron chi connectivity index (χ2n) is 8.45. The molecule has 0 radical (unpaired) electrons. The Labute approximate surface area is 210 Å². The van der Waals surface area contributed by atoms with E-state index in [1.54, 1.807) is 65.3 Å². The van der Waals surface area contributed by atoms with Crippen LogP contribution in [-0.4, -0.2) is 57.7 Å². The van der Waals surface area contributed by atoms with E-state index in [9.17, 15) is 14.4 Å². The lowest BCUT2D eigenvalue weighted by Crippen LogP contribution is -2.40. The molecule has 194 valence electrons. The highest BCUT2D eigenvalue weighted by atomic mass is 16.7. The van der Waals surface area contributed by atoms with Crippen LogP contribution in [0.15, 0.2) is 42.5 Å². The zero-order chi connectivity index (χ0) is 26.6. The highest BCUT2D eigenvalue weighted by molar-refractivity contribution is 5.82. The molecule has 0 bridgehead atoms. The molecule has 0 unspecified atom stereocenters. The van der Waals surface area contributed by atoms with Crippen LogP contribution in [0.1, 0.15) is 31.9 Å². The number of rotatable bonds is 10. The van der Waals surface area contributed by atoms with Gasteiger partial charge in [0.1, 0.15) is 29.5 Å². The molecule has 0 fully saturated rings. The molecule has 10 heteroatoms. The first-order valence-electron chi connectivity index (χ1n) is 11.2. The Balaban J connectivity index is 1.71. The quantitative estimate of drug-likeness (QED) is 0.217. The average molecular weight is 501 g/mol. The summed E-state index contributed by atoms with van der Waals surface area (Å²) in [7, 11) is 3.18. The minimum Gasteiger partial charge on any atom is -0.497 e. The molecule has 0 saturated heterocycles. The summed E-state index contributed by atoms with van der Waals surface area (Å²) in [5.74, 6) is 1.24. The fourth-order valence-corrected chi connectivity index (χ4v) is 2.74. The van der Waals surface area contributed by atoms with Gasteiger partial charge in [-0.2, -0.15) is 0 Å². The van der Waals surface area contributed by atoms with Gasteiger partial charge in [-0.05, 0) is 56.2 Å². The van der Waals surface area contributed by atoms with Gasteiger partial charge in [0.2, 0.25) is 5.91 Å². The molecule has 0 aliphatic rings. The third-order valence-corrected chi connectivity index (χ3v) is 4.36. The van der Waals surface area contributed by atoms with E-state index in [0.717, 1.165) is 11.1 Å². The number of nitrogens with one attached hydrogen (secondary N) is 2. The molecule has 2 aromatic rings. The van der Waals surface area contributed by atoms with Crippen LogP contribution in [0.25, 0.3) is 12.2 Å². The van der Waals surface area contributed by atoms with Crippen molar-refractivity contribution >= 4 is 30.3 Å². The molecule has 0 spiro atoms. The average Bonchev–Trinajstić information content (AvgIpc) is 2.83. The summed E-state index contributed by atoms with van der Waals surface area (Å²) < 4.78 is 25.6. The van der Waals surface area contributed by atoms with Gasteiger partial charge in [-0.3, -0.25) is 4.79 Å². The molecule has 0 aliphatic heterocycles. The maximum absolute atomic E-state index is 11.9.